The molecule has 1 aromatic rings. The van der Waals surface area contributed by atoms with Crippen molar-refractivity contribution in [1.82, 2.24) is 4.90 Å². The van der Waals surface area contributed by atoms with Gasteiger partial charge in [0.15, 0.2) is 5.92 Å². The minimum Gasteiger partial charge on any atom is -0.459 e. The van der Waals surface area contributed by atoms with Crippen LogP contribution in [-0.2, 0) is 23.9 Å². The van der Waals surface area contributed by atoms with Gasteiger partial charge in [0.2, 0.25) is 5.91 Å². The van der Waals surface area contributed by atoms with Gasteiger partial charge in [-0.3, -0.25) is 14.4 Å². The lowest BCUT2D eigenvalue weighted by atomic mass is 9.84. The normalized spacial score (nSPS) is 16.4. The summed E-state index contributed by atoms with van der Waals surface area (Å²) in [6.07, 6.45) is 3.97. The van der Waals surface area contributed by atoms with Crippen molar-refractivity contribution in [2.45, 2.75) is 84.3 Å². The summed E-state index contributed by atoms with van der Waals surface area (Å²) in [5.41, 5.74) is -0.993. The van der Waals surface area contributed by atoms with Gasteiger partial charge in [0.25, 0.3) is 0 Å². The molecular weight excluding hydrogens is 394 g/mol. The van der Waals surface area contributed by atoms with Crippen LogP contribution in [0.4, 0.5) is 0 Å². The summed E-state index contributed by atoms with van der Waals surface area (Å²) < 4.78 is 11.2. The first kappa shape index (κ1) is 24.9. The molecule has 1 aliphatic heterocycles. The molecule has 1 saturated heterocycles. The third-order valence-corrected chi connectivity index (χ3v) is 5.00. The van der Waals surface area contributed by atoms with Crippen LogP contribution < -0.4 is 0 Å². The highest BCUT2D eigenvalue weighted by atomic mass is 16.6. The minimum absolute atomic E-state index is 0.227. The summed E-state index contributed by atoms with van der Waals surface area (Å²) in [6, 6.07) is 9.01. The zero-order valence-electron chi connectivity index (χ0n) is 19.8. The number of amides is 1. The van der Waals surface area contributed by atoms with Crippen molar-refractivity contribution in [1.29, 1.82) is 0 Å². The quantitative estimate of drug-likeness (QED) is 0.508. The summed E-state index contributed by atoms with van der Waals surface area (Å²) in [5, 5.41) is 0. The largest absolute Gasteiger partial charge is 0.459 e. The lowest BCUT2D eigenvalue weighted by Crippen LogP contribution is -2.46. The van der Waals surface area contributed by atoms with Crippen LogP contribution in [0.2, 0.25) is 0 Å². The average molecular weight is 432 g/mol. The molecular formula is C25H37NO5. The Morgan fingerprint density at radius 3 is 1.65 bits per heavy atom. The van der Waals surface area contributed by atoms with E-state index < -0.39 is 35.0 Å². The summed E-state index contributed by atoms with van der Waals surface area (Å²) in [6.45, 7) is 11.7. The first-order valence-corrected chi connectivity index (χ1v) is 11.2. The zero-order chi connectivity index (χ0) is 23.2. The molecule has 0 radical (unpaired) electrons. The monoisotopic (exact) mass is 431 g/mol. The summed E-state index contributed by atoms with van der Waals surface area (Å²) in [4.78, 5) is 42.1. The van der Waals surface area contributed by atoms with E-state index in [2.05, 4.69) is 0 Å². The molecule has 0 N–H and O–H groups in total. The third kappa shape index (κ3) is 7.67. The van der Waals surface area contributed by atoms with E-state index in [1.54, 1.807) is 70.7 Å². The molecule has 2 rings (SSSR count). The van der Waals surface area contributed by atoms with Crippen LogP contribution in [0.25, 0.3) is 0 Å². The van der Waals surface area contributed by atoms with Crippen molar-refractivity contribution in [3.63, 3.8) is 0 Å². The van der Waals surface area contributed by atoms with Crippen molar-refractivity contribution in [3.05, 3.63) is 35.9 Å². The standard InChI is InChI=1S/C25H37NO5/c1-24(2,3)30-22(28)20(23(29)31-25(4,5)6)19(18-14-10-9-11-15-18)21(27)26-16-12-7-8-13-17-26/h9-11,14-15,19-20H,7-8,12-13,16-17H2,1-6H3/t19-/m0/s1. The van der Waals surface area contributed by atoms with Crippen LogP contribution in [0.15, 0.2) is 30.3 Å². The van der Waals surface area contributed by atoms with Crippen LogP contribution in [-0.4, -0.2) is 47.0 Å². The number of hydrogen-bond donors (Lipinski definition) is 0. The Hall–Kier alpha value is -2.37. The molecule has 6 nitrogen and oxygen atoms in total. The van der Waals surface area contributed by atoms with Crippen molar-refractivity contribution < 1.29 is 23.9 Å². The van der Waals surface area contributed by atoms with Crippen molar-refractivity contribution in [2.75, 3.05) is 13.1 Å². The molecule has 1 aliphatic rings. The molecule has 172 valence electrons. The van der Waals surface area contributed by atoms with Crippen LogP contribution in [0.3, 0.4) is 0 Å². The van der Waals surface area contributed by atoms with Crippen LogP contribution in [0, 0.1) is 5.92 Å². The zero-order valence-corrected chi connectivity index (χ0v) is 19.8. The van der Waals surface area contributed by atoms with E-state index in [1.807, 2.05) is 6.07 Å². The van der Waals surface area contributed by atoms with Crippen LogP contribution in [0.5, 0.6) is 0 Å². The van der Waals surface area contributed by atoms with E-state index in [1.165, 1.54) is 0 Å². The number of benzene rings is 1. The maximum absolute atomic E-state index is 13.7. The topological polar surface area (TPSA) is 72.9 Å². The molecule has 1 fully saturated rings. The highest BCUT2D eigenvalue weighted by Gasteiger charge is 2.46. The fourth-order valence-electron chi connectivity index (χ4n) is 3.72. The van der Waals surface area contributed by atoms with Crippen molar-refractivity contribution in [2.24, 2.45) is 5.92 Å². The molecule has 1 atom stereocenters. The van der Waals surface area contributed by atoms with Gasteiger partial charge in [0.05, 0.1) is 5.92 Å². The molecule has 31 heavy (non-hydrogen) atoms. The maximum Gasteiger partial charge on any atom is 0.322 e. The second-order valence-electron chi connectivity index (χ2n) is 10.2. The lowest BCUT2D eigenvalue weighted by Gasteiger charge is -2.32. The number of carbonyl (C=O) groups is 3. The van der Waals surface area contributed by atoms with Gasteiger partial charge in [-0.2, -0.15) is 0 Å². The maximum atomic E-state index is 13.7. The Bertz CT molecular complexity index is 724. The van der Waals surface area contributed by atoms with Crippen LogP contribution >= 0.6 is 0 Å². The number of hydrogen-bond acceptors (Lipinski definition) is 5. The van der Waals surface area contributed by atoms with Crippen LogP contribution in [0.1, 0.15) is 78.7 Å². The van der Waals surface area contributed by atoms with Crippen molar-refractivity contribution >= 4 is 17.8 Å². The highest BCUT2D eigenvalue weighted by Crippen LogP contribution is 2.32. The molecule has 1 heterocycles. The van der Waals surface area contributed by atoms with Gasteiger partial charge in [-0.1, -0.05) is 43.2 Å². The first-order valence-electron chi connectivity index (χ1n) is 11.2. The number of ether oxygens (including phenoxy) is 2. The molecule has 0 aliphatic carbocycles. The van der Waals surface area contributed by atoms with Gasteiger partial charge in [-0.15, -0.1) is 0 Å². The highest BCUT2D eigenvalue weighted by molar-refractivity contribution is 6.02. The summed E-state index contributed by atoms with van der Waals surface area (Å²) in [7, 11) is 0. The molecule has 0 aromatic heterocycles. The van der Waals surface area contributed by atoms with E-state index >= 15 is 0 Å². The lowest BCUT2D eigenvalue weighted by molar-refractivity contribution is -0.177. The molecule has 0 unspecified atom stereocenters. The van der Waals surface area contributed by atoms with E-state index in [-0.39, 0.29) is 5.91 Å². The van der Waals surface area contributed by atoms with E-state index in [4.69, 9.17) is 9.47 Å². The van der Waals surface area contributed by atoms with Gasteiger partial charge in [-0.05, 0) is 59.9 Å². The fourth-order valence-corrected chi connectivity index (χ4v) is 3.72. The second kappa shape index (κ2) is 10.3. The number of carbonyl (C=O) groups excluding carboxylic acids is 3. The van der Waals surface area contributed by atoms with E-state index in [9.17, 15) is 14.4 Å². The fraction of sp³-hybridized carbons (Fsp3) is 0.640. The van der Waals surface area contributed by atoms with Gasteiger partial charge in [0.1, 0.15) is 11.2 Å². The summed E-state index contributed by atoms with van der Waals surface area (Å²) >= 11 is 0. The van der Waals surface area contributed by atoms with Gasteiger partial charge in [0, 0.05) is 13.1 Å². The third-order valence-electron chi connectivity index (χ3n) is 5.00. The molecule has 0 bridgehead atoms. The second-order valence-corrected chi connectivity index (χ2v) is 10.2. The molecule has 1 aromatic carbocycles. The molecule has 0 spiro atoms. The Labute approximate surface area is 186 Å². The number of likely N-dealkylation sites (tertiary alicyclic amines) is 1. The predicted octanol–water partition coefficient (Wildman–Crippen LogP) is 4.47. The predicted molar refractivity (Wildman–Crippen MR) is 119 cm³/mol. The number of esters is 2. The van der Waals surface area contributed by atoms with Gasteiger partial charge in [-0.25, -0.2) is 0 Å². The smallest absolute Gasteiger partial charge is 0.322 e. The van der Waals surface area contributed by atoms with Gasteiger partial charge >= 0.3 is 11.9 Å². The van der Waals surface area contributed by atoms with E-state index in [0.29, 0.717) is 18.7 Å². The average Bonchev–Trinajstić information content (AvgIpc) is 2.92. The Kier molecular flexibility index (Phi) is 8.27. The van der Waals surface area contributed by atoms with E-state index in [0.717, 1.165) is 25.7 Å². The Morgan fingerprint density at radius 2 is 1.23 bits per heavy atom. The first-order chi connectivity index (χ1) is 14.4. The Morgan fingerprint density at radius 1 is 0.774 bits per heavy atom. The minimum atomic E-state index is -1.38. The number of rotatable bonds is 5. The molecule has 6 heteroatoms. The summed E-state index contributed by atoms with van der Waals surface area (Å²) in [5.74, 6) is -4.08. The van der Waals surface area contributed by atoms with Crippen molar-refractivity contribution in [3.8, 4) is 0 Å². The molecule has 1 amide bonds. The Balaban J connectivity index is 2.52. The SMILES string of the molecule is CC(C)(C)OC(=O)C(C(=O)OC(C)(C)C)[C@@H](C(=O)N1CCCCCC1)c1ccccc1. The van der Waals surface area contributed by atoms with Gasteiger partial charge < -0.3 is 14.4 Å². The molecule has 0 saturated carbocycles. The number of nitrogens with zero attached hydrogens (tertiary/aromatic N) is 1.